The van der Waals surface area contributed by atoms with Crippen LogP contribution in [0.2, 0.25) is 0 Å². The van der Waals surface area contributed by atoms with E-state index in [1.54, 1.807) is 0 Å². The largest absolute Gasteiger partial charge is 0.341 e. The van der Waals surface area contributed by atoms with Crippen LogP contribution in [0.5, 0.6) is 0 Å². The van der Waals surface area contributed by atoms with Crippen LogP contribution < -0.4 is 5.32 Å². The molecule has 0 aromatic rings. The Morgan fingerprint density at radius 1 is 1.28 bits per heavy atom. The van der Waals surface area contributed by atoms with E-state index in [9.17, 15) is 4.79 Å². The minimum Gasteiger partial charge on any atom is -0.341 e. The van der Waals surface area contributed by atoms with E-state index < -0.39 is 0 Å². The molecule has 3 nitrogen and oxygen atoms in total. The smallest absolute Gasteiger partial charge is 0.239 e. The lowest BCUT2D eigenvalue weighted by Crippen LogP contribution is -2.50. The van der Waals surface area contributed by atoms with Crippen LogP contribution in [0, 0.1) is 11.8 Å². The maximum Gasteiger partial charge on any atom is 0.239 e. The van der Waals surface area contributed by atoms with Gasteiger partial charge in [-0.25, -0.2) is 0 Å². The maximum absolute atomic E-state index is 12.2. The predicted molar refractivity (Wildman–Crippen MR) is 74.4 cm³/mol. The first-order valence-electron chi connectivity index (χ1n) is 7.66. The molecule has 1 saturated heterocycles. The zero-order valence-electron chi connectivity index (χ0n) is 12.0. The van der Waals surface area contributed by atoms with E-state index in [2.05, 4.69) is 17.1 Å². The predicted octanol–water partition coefficient (Wildman–Crippen LogP) is 2.41. The van der Waals surface area contributed by atoms with E-state index in [0.717, 1.165) is 37.8 Å². The van der Waals surface area contributed by atoms with Gasteiger partial charge in [-0.2, -0.15) is 0 Å². The number of likely N-dealkylation sites (tertiary alicyclic amines) is 1. The molecule has 2 rings (SSSR count). The van der Waals surface area contributed by atoms with Gasteiger partial charge in [0.1, 0.15) is 0 Å². The fraction of sp³-hybridized carbons (Fsp3) is 0.933. The summed E-state index contributed by atoms with van der Waals surface area (Å²) in [5, 5.41) is 3.14. The van der Waals surface area contributed by atoms with Gasteiger partial charge in [-0.05, 0) is 44.6 Å². The number of nitrogens with zero attached hydrogens (tertiary/aromatic N) is 1. The quantitative estimate of drug-likeness (QED) is 0.833. The molecule has 1 amide bonds. The lowest BCUT2D eigenvalue weighted by molar-refractivity contribution is -0.136. The lowest BCUT2D eigenvalue weighted by Gasteiger charge is -2.34. The molecule has 2 aliphatic rings. The Kier molecular flexibility index (Phi) is 5.04. The van der Waals surface area contributed by atoms with Gasteiger partial charge in [0, 0.05) is 13.1 Å². The topological polar surface area (TPSA) is 32.3 Å². The van der Waals surface area contributed by atoms with E-state index in [0.29, 0.717) is 5.91 Å². The molecule has 3 unspecified atom stereocenters. The molecule has 0 aromatic carbocycles. The summed E-state index contributed by atoms with van der Waals surface area (Å²) in [4.78, 5) is 14.2. The number of hydrogen-bond acceptors (Lipinski definition) is 2. The van der Waals surface area contributed by atoms with E-state index in [1.165, 1.54) is 32.1 Å². The fourth-order valence-electron chi connectivity index (χ4n) is 3.59. The van der Waals surface area contributed by atoms with Gasteiger partial charge in [0.15, 0.2) is 0 Å². The average molecular weight is 252 g/mol. The average Bonchev–Trinajstić information content (AvgIpc) is 2.38. The number of amides is 1. The van der Waals surface area contributed by atoms with E-state index in [1.807, 2.05) is 7.05 Å². The van der Waals surface area contributed by atoms with Crippen LogP contribution in [0.4, 0.5) is 0 Å². The Hall–Kier alpha value is -0.570. The van der Waals surface area contributed by atoms with Crippen LogP contribution in [0.25, 0.3) is 0 Å². The van der Waals surface area contributed by atoms with Crippen molar-refractivity contribution in [3.05, 3.63) is 0 Å². The third-order valence-corrected chi connectivity index (χ3v) is 4.73. The van der Waals surface area contributed by atoms with Gasteiger partial charge in [-0.3, -0.25) is 4.79 Å². The summed E-state index contributed by atoms with van der Waals surface area (Å²) in [5.74, 6) is 2.08. The Bertz CT molecular complexity index is 280. The molecular formula is C15H28N2O. The second kappa shape index (κ2) is 6.55. The Balaban J connectivity index is 1.76. The Morgan fingerprint density at radius 2 is 2.11 bits per heavy atom. The molecule has 2 fully saturated rings. The molecule has 0 radical (unpaired) electrons. The summed E-state index contributed by atoms with van der Waals surface area (Å²) in [7, 11) is 1.90. The van der Waals surface area contributed by atoms with Crippen molar-refractivity contribution in [2.45, 2.75) is 57.9 Å². The van der Waals surface area contributed by atoms with Crippen molar-refractivity contribution in [2.75, 3.05) is 20.1 Å². The van der Waals surface area contributed by atoms with Crippen LogP contribution >= 0.6 is 0 Å². The highest BCUT2D eigenvalue weighted by Gasteiger charge is 2.28. The molecule has 1 aliphatic carbocycles. The first kappa shape index (κ1) is 13.9. The molecule has 0 bridgehead atoms. The number of carbonyl (C=O) groups is 1. The van der Waals surface area contributed by atoms with Gasteiger partial charge < -0.3 is 10.2 Å². The maximum atomic E-state index is 12.2. The zero-order valence-corrected chi connectivity index (χ0v) is 12.0. The minimum absolute atomic E-state index is 0.0732. The number of likely N-dealkylation sites (N-methyl/N-ethyl adjacent to an activating group) is 1. The highest BCUT2D eigenvalue weighted by Crippen LogP contribution is 2.31. The van der Waals surface area contributed by atoms with Gasteiger partial charge in [0.25, 0.3) is 0 Å². The van der Waals surface area contributed by atoms with Crippen molar-refractivity contribution in [3.63, 3.8) is 0 Å². The van der Waals surface area contributed by atoms with Crippen molar-refractivity contribution in [1.29, 1.82) is 0 Å². The molecule has 1 N–H and O–H groups in total. The van der Waals surface area contributed by atoms with E-state index >= 15 is 0 Å². The van der Waals surface area contributed by atoms with E-state index in [4.69, 9.17) is 0 Å². The third kappa shape index (κ3) is 3.47. The Morgan fingerprint density at radius 3 is 2.83 bits per heavy atom. The monoisotopic (exact) mass is 252 g/mol. The van der Waals surface area contributed by atoms with Gasteiger partial charge >= 0.3 is 0 Å². The van der Waals surface area contributed by atoms with Crippen LogP contribution in [0.1, 0.15) is 51.9 Å². The number of hydrogen-bond donors (Lipinski definition) is 1. The third-order valence-electron chi connectivity index (χ3n) is 4.73. The Labute approximate surface area is 111 Å². The molecule has 18 heavy (non-hydrogen) atoms. The first-order chi connectivity index (χ1) is 8.70. The van der Waals surface area contributed by atoms with Crippen LogP contribution in [-0.4, -0.2) is 37.0 Å². The van der Waals surface area contributed by atoms with Crippen LogP contribution in [0.3, 0.4) is 0 Å². The van der Waals surface area contributed by atoms with Gasteiger partial charge in [-0.1, -0.05) is 26.2 Å². The lowest BCUT2D eigenvalue weighted by atomic mass is 9.81. The van der Waals surface area contributed by atoms with Gasteiger partial charge in [0.2, 0.25) is 5.91 Å². The fourth-order valence-corrected chi connectivity index (χ4v) is 3.59. The number of carbonyl (C=O) groups excluding carboxylic acids is 1. The first-order valence-corrected chi connectivity index (χ1v) is 7.66. The van der Waals surface area contributed by atoms with Gasteiger partial charge in [-0.15, -0.1) is 0 Å². The molecule has 3 atom stereocenters. The molecule has 3 heteroatoms. The van der Waals surface area contributed by atoms with Crippen molar-refractivity contribution in [1.82, 2.24) is 10.2 Å². The second-order valence-electron chi connectivity index (χ2n) is 6.24. The van der Waals surface area contributed by atoms with E-state index in [-0.39, 0.29) is 6.04 Å². The highest BCUT2D eigenvalue weighted by atomic mass is 16.2. The molecule has 104 valence electrons. The zero-order chi connectivity index (χ0) is 13.0. The summed E-state index contributed by atoms with van der Waals surface area (Å²) < 4.78 is 0. The molecule has 1 aliphatic heterocycles. The van der Waals surface area contributed by atoms with Crippen molar-refractivity contribution >= 4 is 5.91 Å². The van der Waals surface area contributed by atoms with Crippen LogP contribution in [0.15, 0.2) is 0 Å². The van der Waals surface area contributed by atoms with Crippen molar-refractivity contribution < 1.29 is 4.79 Å². The van der Waals surface area contributed by atoms with Gasteiger partial charge in [0.05, 0.1) is 6.04 Å². The molecule has 1 saturated carbocycles. The summed E-state index contributed by atoms with van der Waals surface area (Å²) >= 11 is 0. The standard InChI is InChI=1S/C15H28N2O/c1-12-5-3-6-13(11-12)8-10-17-9-4-7-14(16-2)15(17)18/h12-14,16H,3-11H2,1-2H3. The van der Waals surface area contributed by atoms with Crippen molar-refractivity contribution in [2.24, 2.45) is 11.8 Å². The second-order valence-corrected chi connectivity index (χ2v) is 6.24. The number of piperidine rings is 1. The minimum atomic E-state index is 0.0732. The molecule has 1 heterocycles. The van der Waals surface area contributed by atoms with Crippen molar-refractivity contribution in [3.8, 4) is 0 Å². The highest BCUT2D eigenvalue weighted by molar-refractivity contribution is 5.82. The summed E-state index contributed by atoms with van der Waals surface area (Å²) in [5.41, 5.74) is 0. The number of nitrogens with one attached hydrogen (secondary N) is 1. The molecule has 0 spiro atoms. The summed E-state index contributed by atoms with van der Waals surface area (Å²) in [6.45, 7) is 4.32. The molecule has 0 aromatic heterocycles. The van der Waals surface area contributed by atoms with Crippen LogP contribution in [-0.2, 0) is 4.79 Å². The summed E-state index contributed by atoms with van der Waals surface area (Å²) in [6.07, 6.45) is 8.91. The molecular weight excluding hydrogens is 224 g/mol. The summed E-state index contributed by atoms with van der Waals surface area (Å²) in [6, 6.07) is 0.0732. The normalized spacial score (nSPS) is 33.8. The SMILES string of the molecule is CNC1CCCN(CCC2CCCC(C)C2)C1=O. The number of rotatable bonds is 4.